The van der Waals surface area contributed by atoms with Crippen molar-refractivity contribution in [3.05, 3.63) is 0 Å². The minimum Gasteiger partial charge on any atom is -0.481 e. The predicted octanol–water partition coefficient (Wildman–Crippen LogP) is 1.53. The number of carbonyl (C=O) groups is 3. The summed E-state index contributed by atoms with van der Waals surface area (Å²) in [6, 6.07) is -0.0287. The average molecular weight is 339 g/mol. The van der Waals surface area contributed by atoms with Gasteiger partial charge in [0.2, 0.25) is 5.91 Å². The molecule has 136 valence electrons. The van der Waals surface area contributed by atoms with Crippen molar-refractivity contribution in [2.75, 3.05) is 27.2 Å². The molecule has 2 aliphatic rings. The molecule has 3 amide bonds. The number of hydrogen-bond donors (Lipinski definition) is 2. The Morgan fingerprint density at radius 1 is 1.12 bits per heavy atom. The van der Waals surface area contributed by atoms with Gasteiger partial charge in [-0.3, -0.25) is 9.59 Å². The molecule has 0 radical (unpaired) electrons. The Morgan fingerprint density at radius 3 is 2.29 bits per heavy atom. The third-order valence-corrected chi connectivity index (χ3v) is 5.43. The second kappa shape index (κ2) is 7.40. The maximum absolute atomic E-state index is 12.6. The first kappa shape index (κ1) is 18.5. The number of carboxylic acid groups (broad SMARTS) is 1. The Kier molecular flexibility index (Phi) is 5.72. The zero-order chi connectivity index (χ0) is 17.9. The fourth-order valence-electron chi connectivity index (χ4n) is 3.88. The number of carboxylic acids is 1. The first-order chi connectivity index (χ1) is 11.2. The van der Waals surface area contributed by atoms with E-state index in [9.17, 15) is 19.5 Å². The molecule has 1 aliphatic carbocycles. The van der Waals surface area contributed by atoms with Gasteiger partial charge in [-0.05, 0) is 32.6 Å². The number of urea groups is 1. The normalized spacial score (nSPS) is 28.3. The maximum atomic E-state index is 12.6. The first-order valence-corrected chi connectivity index (χ1v) is 8.75. The Labute approximate surface area is 143 Å². The third kappa shape index (κ3) is 3.99. The fourth-order valence-corrected chi connectivity index (χ4v) is 3.88. The van der Waals surface area contributed by atoms with Crippen molar-refractivity contribution in [3.63, 3.8) is 0 Å². The smallest absolute Gasteiger partial charge is 0.319 e. The summed E-state index contributed by atoms with van der Waals surface area (Å²) in [5, 5.41) is 12.5. The highest BCUT2D eigenvalue weighted by atomic mass is 16.4. The standard InChI is InChI=1S/C17H29N3O4/c1-17(9-5-4-6-13(17)15(22)23)18-14(21)12-7-10-20(11-8-12)16(24)19(2)3/h12-13H,4-11H2,1-3H3,(H,18,21)(H,22,23)/t13-,17+/m0/s1. The average Bonchev–Trinajstić information content (AvgIpc) is 2.53. The van der Waals surface area contributed by atoms with E-state index in [1.807, 2.05) is 6.92 Å². The van der Waals surface area contributed by atoms with E-state index in [4.69, 9.17) is 0 Å². The van der Waals surface area contributed by atoms with Gasteiger partial charge < -0.3 is 20.2 Å². The summed E-state index contributed by atoms with van der Waals surface area (Å²) in [4.78, 5) is 39.4. The zero-order valence-electron chi connectivity index (χ0n) is 14.9. The number of piperidine rings is 1. The molecule has 2 atom stereocenters. The minimum absolute atomic E-state index is 0.0287. The van der Waals surface area contributed by atoms with E-state index in [-0.39, 0.29) is 17.9 Å². The monoisotopic (exact) mass is 339 g/mol. The Hall–Kier alpha value is -1.79. The van der Waals surface area contributed by atoms with E-state index in [0.717, 1.165) is 12.8 Å². The SMILES string of the molecule is CN(C)C(=O)N1CCC(C(=O)N[C@]2(C)CCCC[C@H]2C(=O)O)CC1. The van der Waals surface area contributed by atoms with E-state index in [0.29, 0.717) is 38.8 Å². The largest absolute Gasteiger partial charge is 0.481 e. The van der Waals surface area contributed by atoms with Crippen LogP contribution in [0.25, 0.3) is 0 Å². The van der Waals surface area contributed by atoms with E-state index in [1.165, 1.54) is 0 Å². The number of nitrogens with one attached hydrogen (secondary N) is 1. The molecule has 0 spiro atoms. The van der Waals surface area contributed by atoms with Crippen molar-refractivity contribution >= 4 is 17.9 Å². The molecule has 7 heteroatoms. The molecule has 1 saturated carbocycles. The van der Waals surface area contributed by atoms with Crippen LogP contribution in [-0.2, 0) is 9.59 Å². The van der Waals surface area contributed by atoms with Crippen LogP contribution >= 0.6 is 0 Å². The van der Waals surface area contributed by atoms with E-state index in [2.05, 4.69) is 5.32 Å². The Bertz CT molecular complexity index is 500. The molecule has 2 fully saturated rings. The van der Waals surface area contributed by atoms with Crippen LogP contribution in [0.3, 0.4) is 0 Å². The second-order valence-corrected chi connectivity index (χ2v) is 7.48. The molecule has 2 rings (SSSR count). The summed E-state index contributed by atoms with van der Waals surface area (Å²) >= 11 is 0. The molecule has 2 N–H and O–H groups in total. The van der Waals surface area contributed by atoms with E-state index >= 15 is 0 Å². The van der Waals surface area contributed by atoms with Crippen molar-refractivity contribution in [2.24, 2.45) is 11.8 Å². The highest BCUT2D eigenvalue weighted by Crippen LogP contribution is 2.34. The lowest BCUT2D eigenvalue weighted by Gasteiger charge is -2.41. The molecular weight excluding hydrogens is 310 g/mol. The molecule has 0 aromatic rings. The highest BCUT2D eigenvalue weighted by molar-refractivity contribution is 5.82. The van der Waals surface area contributed by atoms with Crippen LogP contribution in [0.15, 0.2) is 0 Å². The summed E-state index contributed by atoms with van der Waals surface area (Å²) in [6.07, 6.45) is 4.40. The van der Waals surface area contributed by atoms with Crippen molar-refractivity contribution in [3.8, 4) is 0 Å². The molecule has 0 unspecified atom stereocenters. The van der Waals surface area contributed by atoms with Gasteiger partial charge in [0.25, 0.3) is 0 Å². The molecule has 0 aromatic heterocycles. The van der Waals surface area contributed by atoms with Gasteiger partial charge in [0, 0.05) is 33.1 Å². The lowest BCUT2D eigenvalue weighted by Crippen LogP contribution is -2.57. The number of hydrogen-bond acceptors (Lipinski definition) is 3. The van der Waals surface area contributed by atoms with Crippen molar-refractivity contribution in [2.45, 2.75) is 51.0 Å². The maximum Gasteiger partial charge on any atom is 0.319 e. The molecule has 1 aliphatic heterocycles. The predicted molar refractivity (Wildman–Crippen MR) is 89.5 cm³/mol. The summed E-state index contributed by atoms with van der Waals surface area (Å²) in [5.74, 6) is -1.57. The summed E-state index contributed by atoms with van der Waals surface area (Å²) < 4.78 is 0. The number of carbonyl (C=O) groups excluding carboxylic acids is 2. The van der Waals surface area contributed by atoms with E-state index in [1.54, 1.807) is 23.9 Å². The highest BCUT2D eigenvalue weighted by Gasteiger charge is 2.43. The van der Waals surface area contributed by atoms with Crippen LogP contribution in [0, 0.1) is 11.8 Å². The number of amides is 3. The Morgan fingerprint density at radius 2 is 1.75 bits per heavy atom. The van der Waals surface area contributed by atoms with Gasteiger partial charge in [0.05, 0.1) is 11.5 Å². The molecule has 1 saturated heterocycles. The summed E-state index contributed by atoms with van der Waals surface area (Å²) in [5.41, 5.74) is -0.669. The van der Waals surface area contributed by atoms with Gasteiger partial charge in [0.1, 0.15) is 0 Å². The molecule has 0 aromatic carbocycles. The first-order valence-electron chi connectivity index (χ1n) is 8.75. The third-order valence-electron chi connectivity index (χ3n) is 5.43. The van der Waals surface area contributed by atoms with E-state index < -0.39 is 17.4 Å². The zero-order valence-corrected chi connectivity index (χ0v) is 14.9. The van der Waals surface area contributed by atoms with Gasteiger partial charge >= 0.3 is 12.0 Å². The molecule has 0 bridgehead atoms. The van der Waals surface area contributed by atoms with Crippen molar-refractivity contribution < 1.29 is 19.5 Å². The topological polar surface area (TPSA) is 90.0 Å². The van der Waals surface area contributed by atoms with Crippen LogP contribution in [-0.4, -0.2) is 65.5 Å². The van der Waals surface area contributed by atoms with Gasteiger partial charge in [-0.15, -0.1) is 0 Å². The number of likely N-dealkylation sites (tertiary alicyclic amines) is 1. The summed E-state index contributed by atoms with van der Waals surface area (Å²) in [6.45, 7) is 2.98. The minimum atomic E-state index is -0.830. The lowest BCUT2D eigenvalue weighted by molar-refractivity contribution is -0.147. The second-order valence-electron chi connectivity index (χ2n) is 7.48. The van der Waals surface area contributed by atoms with Crippen LogP contribution in [0.5, 0.6) is 0 Å². The van der Waals surface area contributed by atoms with Crippen LogP contribution in [0.2, 0.25) is 0 Å². The molecule has 7 nitrogen and oxygen atoms in total. The van der Waals surface area contributed by atoms with Gasteiger partial charge in [0.15, 0.2) is 0 Å². The van der Waals surface area contributed by atoms with Crippen LogP contribution in [0.1, 0.15) is 45.4 Å². The number of rotatable bonds is 3. The Balaban J connectivity index is 1.93. The van der Waals surface area contributed by atoms with Crippen molar-refractivity contribution in [1.29, 1.82) is 0 Å². The van der Waals surface area contributed by atoms with Gasteiger partial charge in [-0.25, -0.2) is 4.79 Å². The molecule has 24 heavy (non-hydrogen) atoms. The lowest BCUT2D eigenvalue weighted by atomic mass is 9.73. The van der Waals surface area contributed by atoms with Gasteiger partial charge in [-0.2, -0.15) is 0 Å². The molecule has 1 heterocycles. The van der Waals surface area contributed by atoms with Crippen LogP contribution in [0.4, 0.5) is 4.79 Å². The quantitative estimate of drug-likeness (QED) is 0.816. The van der Waals surface area contributed by atoms with Gasteiger partial charge in [-0.1, -0.05) is 12.8 Å². The number of aliphatic carboxylic acids is 1. The van der Waals surface area contributed by atoms with Crippen molar-refractivity contribution in [1.82, 2.24) is 15.1 Å². The number of nitrogens with zero attached hydrogens (tertiary/aromatic N) is 2. The molecular formula is C17H29N3O4. The fraction of sp³-hybridized carbons (Fsp3) is 0.824. The van der Waals surface area contributed by atoms with Crippen LogP contribution < -0.4 is 5.32 Å². The summed E-state index contributed by atoms with van der Waals surface area (Å²) in [7, 11) is 3.44.